The third kappa shape index (κ3) is 17.4. The molecule has 0 fully saturated rings. The van der Waals surface area contributed by atoms with E-state index >= 15 is 0 Å². The maximum Gasteiger partial charge on any atom is 0.119 e. The van der Waals surface area contributed by atoms with Crippen molar-refractivity contribution in [3.05, 3.63) is 0 Å². The van der Waals surface area contributed by atoms with Crippen LogP contribution in [0.4, 0.5) is 0 Å². The Balaban J connectivity index is 3.67. The van der Waals surface area contributed by atoms with Gasteiger partial charge in [-0.2, -0.15) is 0 Å². The van der Waals surface area contributed by atoms with Crippen molar-refractivity contribution in [2.45, 2.75) is 136 Å². The van der Waals surface area contributed by atoms with Crippen LogP contribution in [-0.4, -0.2) is 25.9 Å². The Bertz CT molecular complexity index is 239. The molecule has 0 heterocycles. The zero-order chi connectivity index (χ0) is 18.8. The molecule has 0 spiro atoms. The van der Waals surface area contributed by atoms with Crippen LogP contribution >= 0.6 is 0 Å². The molecule has 0 saturated heterocycles. The highest BCUT2D eigenvalue weighted by molar-refractivity contribution is 6.73. The van der Waals surface area contributed by atoms with Gasteiger partial charge in [0.15, 0.2) is 0 Å². The molecule has 0 rings (SSSR count). The molecule has 0 N–H and O–H groups in total. The summed E-state index contributed by atoms with van der Waals surface area (Å²) in [6, 6.07) is 0. The minimum atomic E-state index is -1.13. The fraction of sp³-hybridized carbons (Fsp3) is 1.00. The van der Waals surface area contributed by atoms with E-state index in [-0.39, 0.29) is 0 Å². The normalized spacial score (nSPS) is 12.2. The van der Waals surface area contributed by atoms with Gasteiger partial charge in [-0.1, -0.05) is 123 Å². The maximum atomic E-state index is 2.88. The monoisotopic (exact) mass is 369 g/mol. The van der Waals surface area contributed by atoms with E-state index in [1.54, 1.807) is 0 Å². The Labute approximate surface area is 162 Å². The molecule has 25 heavy (non-hydrogen) atoms. The number of rotatable bonds is 19. The predicted molar refractivity (Wildman–Crippen MR) is 120 cm³/mol. The number of hydrogen-bond acceptors (Lipinski definition) is 1. The van der Waals surface area contributed by atoms with Crippen LogP contribution in [0, 0.1) is 0 Å². The van der Waals surface area contributed by atoms with Crippen molar-refractivity contribution in [2.75, 3.05) is 13.1 Å². The lowest BCUT2D eigenvalue weighted by molar-refractivity contribution is 0.387. The summed E-state index contributed by atoms with van der Waals surface area (Å²) >= 11 is 0. The fourth-order valence-electron chi connectivity index (χ4n) is 3.66. The maximum absolute atomic E-state index is 2.88. The molecule has 0 unspecified atom stereocenters. The average molecular weight is 370 g/mol. The predicted octanol–water partition coefficient (Wildman–Crippen LogP) is 8.40. The first-order valence-corrected chi connectivity index (χ1v) is 15.2. The molecule has 0 aliphatic carbocycles. The van der Waals surface area contributed by atoms with E-state index in [0.717, 1.165) is 0 Å². The first kappa shape index (κ1) is 25.2. The third-order valence-electron chi connectivity index (χ3n) is 5.51. The van der Waals surface area contributed by atoms with Crippen LogP contribution in [0.15, 0.2) is 0 Å². The summed E-state index contributed by atoms with van der Waals surface area (Å²) in [7, 11) is -1.13. The van der Waals surface area contributed by atoms with Gasteiger partial charge < -0.3 is 4.57 Å². The van der Waals surface area contributed by atoms with Crippen LogP contribution in [0.2, 0.25) is 19.6 Å². The molecule has 0 aliphatic rings. The van der Waals surface area contributed by atoms with E-state index in [9.17, 15) is 0 Å². The lowest BCUT2D eigenvalue weighted by Gasteiger charge is -2.34. The average Bonchev–Trinajstić information content (AvgIpc) is 2.56. The standard InChI is InChI=1S/C23H51NSi/c1-6-8-10-12-14-16-18-20-22-24(25(3,4)5)23-21-19-17-15-13-11-9-7-2/h6-23H2,1-5H3. The van der Waals surface area contributed by atoms with E-state index in [1.165, 1.54) is 116 Å². The molecule has 0 aromatic rings. The summed E-state index contributed by atoms with van der Waals surface area (Å²) in [5.41, 5.74) is 0. The molecule has 0 amide bonds. The summed E-state index contributed by atoms with van der Waals surface area (Å²) < 4.78 is 2.88. The first-order valence-electron chi connectivity index (χ1n) is 11.8. The molecule has 0 aromatic heterocycles. The Morgan fingerprint density at radius 2 is 0.720 bits per heavy atom. The molecule has 0 aromatic carbocycles. The molecule has 0 atom stereocenters. The van der Waals surface area contributed by atoms with Gasteiger partial charge >= 0.3 is 0 Å². The minimum Gasteiger partial charge on any atom is -0.324 e. The molecular weight excluding hydrogens is 318 g/mol. The summed E-state index contributed by atoms with van der Waals surface area (Å²) in [5.74, 6) is 0. The van der Waals surface area contributed by atoms with Crippen LogP contribution in [0.5, 0.6) is 0 Å². The lowest BCUT2D eigenvalue weighted by Crippen LogP contribution is -2.47. The fourth-order valence-corrected chi connectivity index (χ4v) is 5.31. The number of unbranched alkanes of at least 4 members (excludes halogenated alkanes) is 14. The summed E-state index contributed by atoms with van der Waals surface area (Å²) in [6.07, 6.45) is 23.0. The van der Waals surface area contributed by atoms with Crippen LogP contribution in [0.3, 0.4) is 0 Å². The molecule has 0 radical (unpaired) electrons. The van der Waals surface area contributed by atoms with Gasteiger partial charge in [0, 0.05) is 0 Å². The molecular formula is C23H51NSi. The van der Waals surface area contributed by atoms with Crippen molar-refractivity contribution in [3.8, 4) is 0 Å². The Morgan fingerprint density at radius 3 is 1.00 bits per heavy atom. The molecule has 0 saturated carbocycles. The van der Waals surface area contributed by atoms with Crippen LogP contribution < -0.4 is 0 Å². The van der Waals surface area contributed by atoms with Crippen molar-refractivity contribution in [1.29, 1.82) is 0 Å². The quantitative estimate of drug-likeness (QED) is 0.163. The SMILES string of the molecule is CCCCCCCCCCN(CCCCCCCCCC)[Si](C)(C)C. The molecule has 0 bridgehead atoms. The molecule has 152 valence electrons. The van der Waals surface area contributed by atoms with Gasteiger partial charge in [-0.3, -0.25) is 0 Å². The summed E-state index contributed by atoms with van der Waals surface area (Å²) in [5, 5.41) is 0. The highest BCUT2D eigenvalue weighted by atomic mass is 28.3. The van der Waals surface area contributed by atoms with Gasteiger partial charge in [-0.25, -0.2) is 0 Å². The van der Waals surface area contributed by atoms with E-state index in [4.69, 9.17) is 0 Å². The largest absolute Gasteiger partial charge is 0.324 e. The van der Waals surface area contributed by atoms with Crippen molar-refractivity contribution >= 4 is 8.24 Å². The Kier molecular flexibility index (Phi) is 17.7. The number of hydrogen-bond donors (Lipinski definition) is 0. The Hall–Kier alpha value is 0.177. The smallest absolute Gasteiger partial charge is 0.119 e. The van der Waals surface area contributed by atoms with E-state index < -0.39 is 8.24 Å². The van der Waals surface area contributed by atoms with E-state index in [1.807, 2.05) is 0 Å². The highest BCUT2D eigenvalue weighted by Gasteiger charge is 2.22. The van der Waals surface area contributed by atoms with Crippen LogP contribution in [0.1, 0.15) is 117 Å². The van der Waals surface area contributed by atoms with Gasteiger partial charge in [-0.15, -0.1) is 0 Å². The third-order valence-corrected chi connectivity index (χ3v) is 7.86. The molecule has 2 heteroatoms. The minimum absolute atomic E-state index is 1.13. The van der Waals surface area contributed by atoms with Crippen molar-refractivity contribution in [2.24, 2.45) is 0 Å². The van der Waals surface area contributed by atoms with Crippen molar-refractivity contribution in [3.63, 3.8) is 0 Å². The first-order chi connectivity index (χ1) is 12.0. The van der Waals surface area contributed by atoms with E-state index in [0.29, 0.717) is 0 Å². The highest BCUT2D eigenvalue weighted by Crippen LogP contribution is 2.15. The van der Waals surface area contributed by atoms with Crippen LogP contribution in [0.25, 0.3) is 0 Å². The van der Waals surface area contributed by atoms with Gasteiger partial charge in [0.2, 0.25) is 0 Å². The second-order valence-electron chi connectivity index (χ2n) is 9.11. The zero-order valence-electron chi connectivity index (χ0n) is 18.7. The lowest BCUT2D eigenvalue weighted by atomic mass is 10.1. The van der Waals surface area contributed by atoms with Gasteiger partial charge in [-0.05, 0) is 25.9 Å². The Morgan fingerprint density at radius 1 is 0.440 bits per heavy atom. The summed E-state index contributed by atoms with van der Waals surface area (Å²) in [6.45, 7) is 14.9. The topological polar surface area (TPSA) is 3.24 Å². The van der Waals surface area contributed by atoms with Gasteiger partial charge in [0.1, 0.15) is 8.24 Å². The molecule has 1 nitrogen and oxygen atoms in total. The van der Waals surface area contributed by atoms with Crippen molar-refractivity contribution in [1.82, 2.24) is 4.57 Å². The number of nitrogens with zero attached hydrogens (tertiary/aromatic N) is 1. The van der Waals surface area contributed by atoms with E-state index in [2.05, 4.69) is 38.1 Å². The second-order valence-corrected chi connectivity index (χ2v) is 14.1. The second kappa shape index (κ2) is 17.6. The van der Waals surface area contributed by atoms with Gasteiger partial charge in [0.25, 0.3) is 0 Å². The van der Waals surface area contributed by atoms with Gasteiger partial charge in [0.05, 0.1) is 0 Å². The zero-order valence-corrected chi connectivity index (χ0v) is 19.7. The van der Waals surface area contributed by atoms with Crippen LogP contribution in [-0.2, 0) is 0 Å². The summed E-state index contributed by atoms with van der Waals surface area (Å²) in [4.78, 5) is 0. The van der Waals surface area contributed by atoms with Crippen molar-refractivity contribution < 1.29 is 0 Å². The molecule has 0 aliphatic heterocycles.